The highest BCUT2D eigenvalue weighted by Crippen LogP contribution is 2.24. The molecule has 1 fully saturated rings. The second kappa shape index (κ2) is 8.68. The van der Waals surface area contributed by atoms with Gasteiger partial charge in [0.25, 0.3) is 10.0 Å². The predicted octanol–water partition coefficient (Wildman–Crippen LogP) is 1.61. The Hall–Kier alpha value is -2.54. The van der Waals surface area contributed by atoms with Crippen LogP contribution >= 0.6 is 0 Å². The number of anilines is 2. The summed E-state index contributed by atoms with van der Waals surface area (Å²) in [6.45, 7) is 2.25. The van der Waals surface area contributed by atoms with Crippen molar-refractivity contribution < 1.29 is 30.8 Å². The number of hydrogen-bond donors (Lipinski definition) is 2. The van der Waals surface area contributed by atoms with E-state index < -0.39 is 31.8 Å². The Bertz CT molecular complexity index is 1140. The van der Waals surface area contributed by atoms with Gasteiger partial charge in [0.1, 0.15) is 5.82 Å². The minimum atomic E-state index is -4.07. The van der Waals surface area contributed by atoms with E-state index in [0.29, 0.717) is 13.2 Å². The summed E-state index contributed by atoms with van der Waals surface area (Å²) in [5, 5.41) is 2.27. The molecular formula is C18H20FN3O6S2. The van der Waals surface area contributed by atoms with Crippen LogP contribution in [0.3, 0.4) is 0 Å². The lowest BCUT2D eigenvalue weighted by molar-refractivity contribution is -0.114. The first-order valence-electron chi connectivity index (χ1n) is 8.87. The molecule has 0 spiro atoms. The van der Waals surface area contributed by atoms with Crippen molar-refractivity contribution in [2.75, 3.05) is 36.3 Å². The maximum atomic E-state index is 13.7. The molecule has 0 bridgehead atoms. The Kier molecular flexibility index (Phi) is 6.41. The fourth-order valence-electron chi connectivity index (χ4n) is 2.82. The van der Waals surface area contributed by atoms with E-state index in [1.807, 2.05) is 0 Å². The third-order valence-corrected chi connectivity index (χ3v) is 7.58. The van der Waals surface area contributed by atoms with Crippen molar-refractivity contribution in [3.8, 4) is 0 Å². The molecule has 1 aliphatic heterocycles. The topological polar surface area (TPSA) is 122 Å². The van der Waals surface area contributed by atoms with E-state index in [1.165, 1.54) is 41.6 Å². The molecule has 162 valence electrons. The molecule has 2 N–H and O–H groups in total. The zero-order valence-corrected chi connectivity index (χ0v) is 17.6. The van der Waals surface area contributed by atoms with Crippen LogP contribution < -0.4 is 10.0 Å². The van der Waals surface area contributed by atoms with Crippen LogP contribution in [-0.4, -0.2) is 53.4 Å². The number of carbonyl (C=O) groups excluding carboxylic acids is 1. The number of morpholine rings is 1. The summed E-state index contributed by atoms with van der Waals surface area (Å²) < 4.78 is 72.9. The molecule has 0 aromatic heterocycles. The van der Waals surface area contributed by atoms with Gasteiger partial charge in [0.05, 0.1) is 34.4 Å². The van der Waals surface area contributed by atoms with E-state index in [9.17, 15) is 26.0 Å². The molecule has 0 atom stereocenters. The molecule has 0 saturated carbocycles. The molecule has 12 heteroatoms. The lowest BCUT2D eigenvalue weighted by Crippen LogP contribution is -2.40. The van der Waals surface area contributed by atoms with Crippen molar-refractivity contribution in [1.29, 1.82) is 0 Å². The lowest BCUT2D eigenvalue weighted by atomic mass is 10.2. The third-order valence-electron chi connectivity index (χ3n) is 4.27. The largest absolute Gasteiger partial charge is 0.379 e. The summed E-state index contributed by atoms with van der Waals surface area (Å²) in [7, 11) is -7.82. The van der Waals surface area contributed by atoms with Crippen molar-refractivity contribution in [2.24, 2.45) is 0 Å². The van der Waals surface area contributed by atoms with Gasteiger partial charge in [-0.1, -0.05) is 0 Å². The van der Waals surface area contributed by atoms with E-state index >= 15 is 0 Å². The Labute approximate surface area is 173 Å². The van der Waals surface area contributed by atoms with Crippen LogP contribution in [0.15, 0.2) is 52.3 Å². The Morgan fingerprint density at radius 1 is 1.00 bits per heavy atom. The van der Waals surface area contributed by atoms with Gasteiger partial charge in [0, 0.05) is 20.0 Å². The summed E-state index contributed by atoms with van der Waals surface area (Å²) in [6.07, 6.45) is 0. The number of carbonyl (C=O) groups is 1. The SMILES string of the molecule is CC(=O)Nc1cc(NS(=O)(=O)c2ccc(S(=O)(=O)N3CCOCC3)cc2)ccc1F. The molecule has 1 heterocycles. The summed E-state index contributed by atoms with van der Waals surface area (Å²) in [5.74, 6) is -1.23. The Balaban J connectivity index is 1.81. The van der Waals surface area contributed by atoms with Gasteiger partial charge >= 0.3 is 0 Å². The monoisotopic (exact) mass is 457 g/mol. The molecule has 30 heavy (non-hydrogen) atoms. The maximum Gasteiger partial charge on any atom is 0.261 e. The normalized spacial score (nSPS) is 15.5. The average molecular weight is 458 g/mol. The lowest BCUT2D eigenvalue weighted by Gasteiger charge is -2.26. The molecule has 3 rings (SSSR count). The second-order valence-electron chi connectivity index (χ2n) is 6.47. The van der Waals surface area contributed by atoms with Gasteiger partial charge in [-0.2, -0.15) is 4.31 Å². The molecule has 2 aromatic carbocycles. The first-order valence-corrected chi connectivity index (χ1v) is 11.8. The van der Waals surface area contributed by atoms with Crippen LogP contribution in [0.4, 0.5) is 15.8 Å². The van der Waals surface area contributed by atoms with Gasteiger partial charge in [-0.05, 0) is 42.5 Å². The molecule has 0 aliphatic carbocycles. The van der Waals surface area contributed by atoms with Crippen LogP contribution in [0.25, 0.3) is 0 Å². The highest BCUT2D eigenvalue weighted by molar-refractivity contribution is 7.92. The Morgan fingerprint density at radius 2 is 1.60 bits per heavy atom. The summed E-state index contributed by atoms with van der Waals surface area (Å²) >= 11 is 0. The van der Waals surface area contributed by atoms with E-state index in [4.69, 9.17) is 4.74 Å². The van der Waals surface area contributed by atoms with Crippen LogP contribution in [0.5, 0.6) is 0 Å². The van der Waals surface area contributed by atoms with Crippen LogP contribution in [0.1, 0.15) is 6.92 Å². The third kappa shape index (κ3) is 4.95. The van der Waals surface area contributed by atoms with Crippen LogP contribution in [-0.2, 0) is 29.6 Å². The fraction of sp³-hybridized carbons (Fsp3) is 0.278. The van der Waals surface area contributed by atoms with Gasteiger partial charge in [0.2, 0.25) is 15.9 Å². The first-order chi connectivity index (χ1) is 14.1. The van der Waals surface area contributed by atoms with Crippen LogP contribution in [0.2, 0.25) is 0 Å². The molecule has 1 aliphatic rings. The average Bonchev–Trinajstić information content (AvgIpc) is 2.71. The molecule has 0 radical (unpaired) electrons. The zero-order chi connectivity index (χ0) is 21.9. The van der Waals surface area contributed by atoms with Crippen LogP contribution in [0, 0.1) is 5.82 Å². The fourth-order valence-corrected chi connectivity index (χ4v) is 5.27. The summed E-state index contributed by atoms with van der Waals surface area (Å²) in [6, 6.07) is 8.14. The van der Waals surface area contributed by atoms with Gasteiger partial charge in [-0.3, -0.25) is 9.52 Å². The van der Waals surface area contributed by atoms with Crippen molar-refractivity contribution in [1.82, 2.24) is 4.31 Å². The molecule has 1 saturated heterocycles. The summed E-state index contributed by atoms with van der Waals surface area (Å²) in [5.41, 5.74) is -0.139. The van der Waals surface area contributed by atoms with Gasteiger partial charge in [-0.25, -0.2) is 21.2 Å². The number of rotatable bonds is 6. The van der Waals surface area contributed by atoms with Crippen molar-refractivity contribution in [3.63, 3.8) is 0 Å². The molecular weight excluding hydrogens is 437 g/mol. The number of halogens is 1. The minimum absolute atomic E-state index is 0.0296. The number of amides is 1. The van der Waals surface area contributed by atoms with E-state index in [-0.39, 0.29) is 34.3 Å². The highest BCUT2D eigenvalue weighted by atomic mass is 32.2. The standard InChI is InChI=1S/C18H20FN3O6S2/c1-13(23)20-18-12-14(2-7-17(18)19)21-29(24,25)15-3-5-16(6-4-15)30(26,27)22-8-10-28-11-9-22/h2-7,12,21H,8-11H2,1H3,(H,20,23). The number of sulfonamides is 2. The van der Waals surface area contributed by atoms with E-state index in [2.05, 4.69) is 10.0 Å². The predicted molar refractivity (Wildman–Crippen MR) is 108 cm³/mol. The van der Waals surface area contributed by atoms with Crippen molar-refractivity contribution in [2.45, 2.75) is 16.7 Å². The Morgan fingerprint density at radius 3 is 2.20 bits per heavy atom. The molecule has 2 aromatic rings. The quantitative estimate of drug-likeness (QED) is 0.680. The summed E-state index contributed by atoms with van der Waals surface area (Å²) in [4.78, 5) is 10.9. The smallest absolute Gasteiger partial charge is 0.261 e. The first kappa shape index (κ1) is 22.2. The molecule has 1 amide bonds. The number of ether oxygens (including phenoxy) is 1. The van der Waals surface area contributed by atoms with Gasteiger partial charge < -0.3 is 10.1 Å². The van der Waals surface area contributed by atoms with Crippen molar-refractivity contribution >= 4 is 37.3 Å². The number of nitrogens with zero attached hydrogens (tertiary/aromatic N) is 1. The highest BCUT2D eigenvalue weighted by Gasteiger charge is 2.27. The number of benzene rings is 2. The second-order valence-corrected chi connectivity index (χ2v) is 10.1. The minimum Gasteiger partial charge on any atom is -0.379 e. The number of hydrogen-bond acceptors (Lipinski definition) is 6. The maximum absolute atomic E-state index is 13.7. The van der Waals surface area contributed by atoms with Crippen molar-refractivity contribution in [3.05, 3.63) is 48.3 Å². The van der Waals surface area contributed by atoms with E-state index in [0.717, 1.165) is 12.1 Å². The zero-order valence-electron chi connectivity index (χ0n) is 16.0. The molecule has 9 nitrogen and oxygen atoms in total. The van der Waals surface area contributed by atoms with E-state index in [1.54, 1.807) is 0 Å². The van der Waals surface area contributed by atoms with Gasteiger partial charge in [-0.15, -0.1) is 0 Å². The number of nitrogens with one attached hydrogen (secondary N) is 2. The molecule has 0 unspecified atom stereocenters. The van der Waals surface area contributed by atoms with Gasteiger partial charge in [0.15, 0.2) is 0 Å².